The van der Waals surface area contributed by atoms with E-state index in [2.05, 4.69) is 35.4 Å². The zero-order valence-electron chi connectivity index (χ0n) is 16.4. The smallest absolute Gasteiger partial charge is 0.252 e. The number of aromatic nitrogens is 1. The van der Waals surface area contributed by atoms with Gasteiger partial charge in [0.2, 0.25) is 10.0 Å². The van der Waals surface area contributed by atoms with Crippen LogP contribution in [0.2, 0.25) is 0 Å². The van der Waals surface area contributed by atoms with Gasteiger partial charge in [0.05, 0.1) is 11.8 Å². The lowest BCUT2D eigenvalue weighted by atomic mass is 9.95. The van der Waals surface area contributed by atoms with Crippen molar-refractivity contribution in [3.63, 3.8) is 0 Å². The molecular weight excluding hydrogens is 374 g/mol. The first-order valence-corrected chi connectivity index (χ1v) is 11.4. The topological polar surface area (TPSA) is 79.4 Å². The highest BCUT2D eigenvalue weighted by atomic mass is 32.2. The van der Waals surface area contributed by atoms with Gasteiger partial charge in [0.15, 0.2) is 0 Å². The molecule has 1 atom stereocenters. The van der Waals surface area contributed by atoms with Crippen LogP contribution >= 0.6 is 0 Å². The molecule has 1 fully saturated rings. The number of piperidine rings is 1. The molecule has 150 valence electrons. The van der Waals surface area contributed by atoms with Crippen molar-refractivity contribution in [1.29, 1.82) is 0 Å². The SMILES string of the molecule is Cc1cccc(CCNC(=O)c2ccc(C3CCCN(S(C)(=O)=O)C3)nc2)c1. The molecule has 1 unspecified atom stereocenters. The van der Waals surface area contributed by atoms with Crippen molar-refractivity contribution in [2.45, 2.75) is 32.1 Å². The third-order valence-electron chi connectivity index (χ3n) is 5.10. The van der Waals surface area contributed by atoms with Crippen molar-refractivity contribution < 1.29 is 13.2 Å². The maximum absolute atomic E-state index is 12.3. The van der Waals surface area contributed by atoms with Crippen LogP contribution in [0.1, 0.15) is 45.9 Å². The molecular formula is C21H27N3O3S. The van der Waals surface area contributed by atoms with Crippen LogP contribution in [0.15, 0.2) is 42.6 Å². The van der Waals surface area contributed by atoms with Crippen LogP contribution < -0.4 is 5.32 Å². The molecule has 6 nitrogen and oxygen atoms in total. The average Bonchev–Trinajstić information content (AvgIpc) is 2.67. The zero-order valence-corrected chi connectivity index (χ0v) is 17.2. The predicted molar refractivity (Wildman–Crippen MR) is 110 cm³/mol. The monoisotopic (exact) mass is 401 g/mol. The molecule has 1 aromatic carbocycles. The van der Waals surface area contributed by atoms with Crippen molar-refractivity contribution in [3.05, 3.63) is 65.0 Å². The van der Waals surface area contributed by atoms with Crippen molar-refractivity contribution in [2.75, 3.05) is 25.9 Å². The van der Waals surface area contributed by atoms with Gasteiger partial charge >= 0.3 is 0 Å². The number of carbonyl (C=O) groups is 1. The van der Waals surface area contributed by atoms with E-state index < -0.39 is 10.0 Å². The number of benzene rings is 1. The van der Waals surface area contributed by atoms with Gasteiger partial charge in [-0.05, 0) is 43.9 Å². The van der Waals surface area contributed by atoms with Gasteiger partial charge in [-0.1, -0.05) is 29.8 Å². The summed E-state index contributed by atoms with van der Waals surface area (Å²) in [7, 11) is -3.18. The van der Waals surface area contributed by atoms with Gasteiger partial charge < -0.3 is 5.32 Å². The highest BCUT2D eigenvalue weighted by Crippen LogP contribution is 2.26. The van der Waals surface area contributed by atoms with E-state index in [1.807, 2.05) is 12.1 Å². The molecule has 0 aliphatic carbocycles. The Hall–Kier alpha value is -2.25. The van der Waals surface area contributed by atoms with Crippen molar-refractivity contribution in [2.24, 2.45) is 0 Å². The second-order valence-corrected chi connectivity index (χ2v) is 9.41. The summed E-state index contributed by atoms with van der Waals surface area (Å²) in [6.45, 7) is 3.64. The van der Waals surface area contributed by atoms with Gasteiger partial charge in [-0.2, -0.15) is 0 Å². The number of sulfonamides is 1. The van der Waals surface area contributed by atoms with E-state index >= 15 is 0 Å². The summed E-state index contributed by atoms with van der Waals surface area (Å²) in [4.78, 5) is 16.8. The van der Waals surface area contributed by atoms with E-state index in [0.29, 0.717) is 25.2 Å². The number of nitrogens with one attached hydrogen (secondary N) is 1. The van der Waals surface area contributed by atoms with Gasteiger partial charge in [-0.3, -0.25) is 9.78 Å². The summed E-state index contributed by atoms with van der Waals surface area (Å²) >= 11 is 0. The van der Waals surface area contributed by atoms with Gasteiger partial charge in [0.25, 0.3) is 5.91 Å². The molecule has 28 heavy (non-hydrogen) atoms. The first-order valence-electron chi connectivity index (χ1n) is 9.58. The first kappa shape index (κ1) is 20.5. The highest BCUT2D eigenvalue weighted by molar-refractivity contribution is 7.88. The summed E-state index contributed by atoms with van der Waals surface area (Å²) in [5.41, 5.74) is 3.76. The Balaban J connectivity index is 1.55. The third kappa shape index (κ3) is 5.39. The Kier molecular flexibility index (Phi) is 6.46. The molecule has 0 radical (unpaired) electrons. The quantitative estimate of drug-likeness (QED) is 0.807. The average molecular weight is 402 g/mol. The molecule has 1 aliphatic heterocycles. The van der Waals surface area contributed by atoms with Crippen LogP contribution in [-0.2, 0) is 16.4 Å². The molecule has 2 heterocycles. The number of hydrogen-bond donors (Lipinski definition) is 1. The van der Waals surface area contributed by atoms with Crippen LogP contribution in [0.25, 0.3) is 0 Å². The summed E-state index contributed by atoms with van der Waals surface area (Å²) < 4.78 is 25.1. The van der Waals surface area contributed by atoms with Crippen molar-refractivity contribution in [1.82, 2.24) is 14.6 Å². The molecule has 7 heteroatoms. The molecule has 1 saturated heterocycles. The molecule has 1 amide bonds. The Labute approximate surface area is 167 Å². The maximum Gasteiger partial charge on any atom is 0.252 e. The highest BCUT2D eigenvalue weighted by Gasteiger charge is 2.27. The number of rotatable bonds is 6. The molecule has 1 aliphatic rings. The Bertz CT molecular complexity index is 926. The molecule has 2 aromatic rings. The summed E-state index contributed by atoms with van der Waals surface area (Å²) in [5.74, 6) is -0.0741. The van der Waals surface area contributed by atoms with Crippen molar-refractivity contribution >= 4 is 15.9 Å². The molecule has 0 spiro atoms. The summed E-state index contributed by atoms with van der Waals surface area (Å²) in [5, 5.41) is 2.93. The predicted octanol–water partition coefficient (Wildman–Crippen LogP) is 2.50. The number of nitrogens with zero attached hydrogens (tertiary/aromatic N) is 2. The number of carbonyl (C=O) groups excluding carboxylic acids is 1. The maximum atomic E-state index is 12.3. The minimum Gasteiger partial charge on any atom is -0.352 e. The third-order valence-corrected chi connectivity index (χ3v) is 6.37. The summed E-state index contributed by atoms with van der Waals surface area (Å²) in [6.07, 6.45) is 5.33. The van der Waals surface area contributed by atoms with Crippen LogP contribution in [0.4, 0.5) is 0 Å². The molecule has 1 aromatic heterocycles. The molecule has 3 rings (SSSR count). The first-order chi connectivity index (χ1) is 13.3. The molecule has 0 saturated carbocycles. The minimum atomic E-state index is -3.18. The fourth-order valence-corrected chi connectivity index (χ4v) is 4.47. The lowest BCUT2D eigenvalue weighted by molar-refractivity contribution is 0.0953. The fraction of sp³-hybridized carbons (Fsp3) is 0.429. The van der Waals surface area contributed by atoms with E-state index in [-0.39, 0.29) is 11.8 Å². The van der Waals surface area contributed by atoms with E-state index in [4.69, 9.17) is 0 Å². The number of hydrogen-bond acceptors (Lipinski definition) is 4. The summed E-state index contributed by atoms with van der Waals surface area (Å²) in [6, 6.07) is 11.9. The normalized spacial score (nSPS) is 18.0. The zero-order chi connectivity index (χ0) is 20.1. The standard InChI is InChI=1S/C21H27N3O3S/c1-16-5-3-6-17(13-16)10-11-22-21(25)18-8-9-20(23-14-18)19-7-4-12-24(15-19)28(2,26)27/h3,5-6,8-9,13-14,19H,4,7,10-12,15H2,1-2H3,(H,22,25). The second-order valence-electron chi connectivity index (χ2n) is 7.43. The van der Waals surface area contributed by atoms with Crippen LogP contribution in [0.3, 0.4) is 0 Å². The Morgan fingerprint density at radius 2 is 2.11 bits per heavy atom. The second kappa shape index (κ2) is 8.84. The number of amides is 1. The largest absolute Gasteiger partial charge is 0.352 e. The van der Waals surface area contributed by atoms with Crippen molar-refractivity contribution in [3.8, 4) is 0 Å². The van der Waals surface area contributed by atoms with Gasteiger partial charge in [0, 0.05) is 37.4 Å². The number of aryl methyl sites for hydroxylation is 1. The molecule has 1 N–H and O–H groups in total. The van der Waals surface area contributed by atoms with Crippen LogP contribution in [0.5, 0.6) is 0 Å². The van der Waals surface area contributed by atoms with Gasteiger partial charge in [-0.25, -0.2) is 12.7 Å². The van der Waals surface area contributed by atoms with Crippen LogP contribution in [0, 0.1) is 6.92 Å². The van der Waals surface area contributed by atoms with E-state index in [1.165, 1.54) is 21.7 Å². The van der Waals surface area contributed by atoms with E-state index in [1.54, 1.807) is 12.3 Å². The molecule has 0 bridgehead atoms. The Morgan fingerprint density at radius 3 is 2.79 bits per heavy atom. The fourth-order valence-electron chi connectivity index (χ4n) is 3.56. The number of pyridine rings is 1. The minimum absolute atomic E-state index is 0.0712. The lowest BCUT2D eigenvalue weighted by Crippen LogP contribution is -2.38. The van der Waals surface area contributed by atoms with Gasteiger partial charge in [0.1, 0.15) is 0 Å². The lowest BCUT2D eigenvalue weighted by Gasteiger charge is -2.30. The van der Waals surface area contributed by atoms with E-state index in [0.717, 1.165) is 25.0 Å². The van der Waals surface area contributed by atoms with Gasteiger partial charge in [-0.15, -0.1) is 0 Å². The van der Waals surface area contributed by atoms with Crippen LogP contribution in [-0.4, -0.2) is 49.5 Å². The Morgan fingerprint density at radius 1 is 1.29 bits per heavy atom. The van der Waals surface area contributed by atoms with E-state index in [9.17, 15) is 13.2 Å².